The summed E-state index contributed by atoms with van der Waals surface area (Å²) in [5, 5.41) is 0. The number of unbranched alkanes of at least 4 members (excludes halogenated alkanes) is 3. The standard InChI is InChI=1S/C17H29NO2/c1-4-5-6-7-12-20-16-11-10-15(9-8-14(2)18)13-17(16)19-3/h10-11,13-14H,4-9,12,18H2,1-3H3. The normalized spacial score (nSPS) is 12.2. The van der Waals surface area contributed by atoms with Crippen LogP contribution in [0.2, 0.25) is 0 Å². The van der Waals surface area contributed by atoms with Gasteiger partial charge in [-0.25, -0.2) is 0 Å². The first-order valence-electron chi connectivity index (χ1n) is 7.72. The molecule has 0 saturated heterocycles. The maximum Gasteiger partial charge on any atom is 0.161 e. The average molecular weight is 279 g/mol. The first kappa shape index (κ1) is 16.8. The minimum Gasteiger partial charge on any atom is -0.493 e. The Morgan fingerprint density at radius 1 is 1.15 bits per heavy atom. The van der Waals surface area contributed by atoms with Crippen LogP contribution in [0.3, 0.4) is 0 Å². The second kappa shape index (κ2) is 9.65. The van der Waals surface area contributed by atoms with Crippen LogP contribution in [0.25, 0.3) is 0 Å². The van der Waals surface area contributed by atoms with Gasteiger partial charge in [-0.1, -0.05) is 32.3 Å². The van der Waals surface area contributed by atoms with Crippen molar-refractivity contribution in [3.8, 4) is 11.5 Å². The van der Waals surface area contributed by atoms with Crippen LogP contribution in [0.5, 0.6) is 11.5 Å². The molecule has 0 aliphatic carbocycles. The summed E-state index contributed by atoms with van der Waals surface area (Å²) >= 11 is 0. The first-order chi connectivity index (χ1) is 9.67. The van der Waals surface area contributed by atoms with Gasteiger partial charge in [-0.3, -0.25) is 0 Å². The number of nitrogens with two attached hydrogens (primary N) is 1. The molecule has 1 rings (SSSR count). The van der Waals surface area contributed by atoms with Crippen LogP contribution in [-0.2, 0) is 6.42 Å². The van der Waals surface area contributed by atoms with Gasteiger partial charge in [0.2, 0.25) is 0 Å². The maximum absolute atomic E-state index is 5.81. The quantitative estimate of drug-likeness (QED) is 0.660. The maximum atomic E-state index is 5.81. The lowest BCUT2D eigenvalue weighted by atomic mass is 10.1. The Morgan fingerprint density at radius 3 is 2.60 bits per heavy atom. The van der Waals surface area contributed by atoms with Gasteiger partial charge in [0.15, 0.2) is 11.5 Å². The predicted octanol–water partition coefficient (Wildman–Crippen LogP) is 3.93. The van der Waals surface area contributed by atoms with Crippen molar-refractivity contribution in [3.05, 3.63) is 23.8 Å². The van der Waals surface area contributed by atoms with Gasteiger partial charge in [0.1, 0.15) is 0 Å². The fraction of sp³-hybridized carbons (Fsp3) is 0.647. The van der Waals surface area contributed by atoms with Crippen molar-refractivity contribution in [1.29, 1.82) is 0 Å². The molecule has 114 valence electrons. The van der Waals surface area contributed by atoms with E-state index in [-0.39, 0.29) is 6.04 Å². The van der Waals surface area contributed by atoms with E-state index in [1.165, 1.54) is 24.8 Å². The van der Waals surface area contributed by atoms with Gasteiger partial charge in [-0.15, -0.1) is 0 Å². The summed E-state index contributed by atoms with van der Waals surface area (Å²) in [5.41, 5.74) is 7.04. The Bertz CT molecular complexity index is 377. The molecule has 0 aliphatic rings. The van der Waals surface area contributed by atoms with Crippen LogP contribution in [0.4, 0.5) is 0 Å². The lowest BCUT2D eigenvalue weighted by Crippen LogP contribution is -2.15. The predicted molar refractivity (Wildman–Crippen MR) is 84.6 cm³/mol. The molecule has 20 heavy (non-hydrogen) atoms. The molecule has 1 unspecified atom stereocenters. The Kier molecular flexibility index (Phi) is 8.12. The number of aryl methyl sites for hydroxylation is 1. The molecule has 0 spiro atoms. The fourth-order valence-corrected chi connectivity index (χ4v) is 2.09. The minimum atomic E-state index is 0.232. The molecule has 0 heterocycles. The molecule has 1 aromatic rings. The zero-order valence-electron chi connectivity index (χ0n) is 13.2. The molecular weight excluding hydrogens is 250 g/mol. The van der Waals surface area contributed by atoms with E-state index in [9.17, 15) is 0 Å². The zero-order valence-corrected chi connectivity index (χ0v) is 13.2. The van der Waals surface area contributed by atoms with Crippen molar-refractivity contribution in [2.24, 2.45) is 5.73 Å². The second-order valence-corrected chi connectivity index (χ2v) is 5.41. The largest absolute Gasteiger partial charge is 0.493 e. The SMILES string of the molecule is CCCCCCOc1ccc(CCC(C)N)cc1OC. The fourth-order valence-electron chi connectivity index (χ4n) is 2.09. The third-order valence-corrected chi connectivity index (χ3v) is 3.37. The van der Waals surface area contributed by atoms with Crippen molar-refractivity contribution in [2.45, 2.75) is 58.4 Å². The van der Waals surface area contributed by atoms with E-state index >= 15 is 0 Å². The monoisotopic (exact) mass is 279 g/mol. The van der Waals surface area contributed by atoms with Crippen LogP contribution in [-0.4, -0.2) is 19.8 Å². The number of ether oxygens (including phenoxy) is 2. The molecule has 2 N–H and O–H groups in total. The highest BCUT2D eigenvalue weighted by molar-refractivity contribution is 5.43. The molecule has 3 nitrogen and oxygen atoms in total. The van der Waals surface area contributed by atoms with E-state index in [0.717, 1.165) is 37.4 Å². The van der Waals surface area contributed by atoms with E-state index in [1.54, 1.807) is 7.11 Å². The second-order valence-electron chi connectivity index (χ2n) is 5.41. The molecule has 0 radical (unpaired) electrons. The van der Waals surface area contributed by atoms with E-state index in [2.05, 4.69) is 19.1 Å². The molecule has 3 heteroatoms. The molecule has 0 bridgehead atoms. The highest BCUT2D eigenvalue weighted by Gasteiger charge is 2.06. The third kappa shape index (κ3) is 6.29. The van der Waals surface area contributed by atoms with E-state index in [0.29, 0.717) is 0 Å². The lowest BCUT2D eigenvalue weighted by Gasteiger charge is -2.12. The summed E-state index contributed by atoms with van der Waals surface area (Å²) < 4.78 is 11.2. The lowest BCUT2D eigenvalue weighted by molar-refractivity contribution is 0.285. The molecule has 0 saturated carbocycles. The average Bonchev–Trinajstić information content (AvgIpc) is 2.45. The van der Waals surface area contributed by atoms with Crippen LogP contribution >= 0.6 is 0 Å². The number of hydrogen-bond donors (Lipinski definition) is 1. The van der Waals surface area contributed by atoms with Gasteiger partial charge in [0, 0.05) is 6.04 Å². The summed E-state index contributed by atoms with van der Waals surface area (Å²) in [6, 6.07) is 6.40. The Morgan fingerprint density at radius 2 is 1.95 bits per heavy atom. The topological polar surface area (TPSA) is 44.5 Å². The van der Waals surface area contributed by atoms with Crippen molar-refractivity contribution in [2.75, 3.05) is 13.7 Å². The van der Waals surface area contributed by atoms with Gasteiger partial charge in [0.05, 0.1) is 13.7 Å². The molecule has 0 aromatic heterocycles. The molecule has 0 amide bonds. The Balaban J connectivity index is 2.50. The van der Waals surface area contributed by atoms with Crippen molar-refractivity contribution in [3.63, 3.8) is 0 Å². The number of benzene rings is 1. The van der Waals surface area contributed by atoms with E-state index in [4.69, 9.17) is 15.2 Å². The van der Waals surface area contributed by atoms with E-state index < -0.39 is 0 Å². The van der Waals surface area contributed by atoms with Crippen LogP contribution in [0, 0.1) is 0 Å². The van der Waals surface area contributed by atoms with Crippen molar-refractivity contribution in [1.82, 2.24) is 0 Å². The highest BCUT2D eigenvalue weighted by atomic mass is 16.5. The number of hydrogen-bond acceptors (Lipinski definition) is 3. The van der Waals surface area contributed by atoms with Crippen LogP contribution in [0.15, 0.2) is 18.2 Å². The van der Waals surface area contributed by atoms with Crippen LogP contribution < -0.4 is 15.2 Å². The summed E-state index contributed by atoms with van der Waals surface area (Å²) in [4.78, 5) is 0. The van der Waals surface area contributed by atoms with Crippen molar-refractivity contribution < 1.29 is 9.47 Å². The van der Waals surface area contributed by atoms with Gasteiger partial charge < -0.3 is 15.2 Å². The van der Waals surface area contributed by atoms with Gasteiger partial charge in [0.25, 0.3) is 0 Å². The highest BCUT2D eigenvalue weighted by Crippen LogP contribution is 2.28. The third-order valence-electron chi connectivity index (χ3n) is 3.37. The molecular formula is C17H29NO2. The Labute approximate surface area is 123 Å². The summed E-state index contributed by atoms with van der Waals surface area (Å²) in [5.74, 6) is 1.66. The molecule has 1 aromatic carbocycles. The smallest absolute Gasteiger partial charge is 0.161 e. The summed E-state index contributed by atoms with van der Waals surface area (Å²) in [6.07, 6.45) is 6.81. The molecule has 0 aliphatic heterocycles. The molecule has 1 atom stereocenters. The Hall–Kier alpha value is -1.22. The number of methoxy groups -OCH3 is 1. The van der Waals surface area contributed by atoms with Gasteiger partial charge in [-0.05, 0) is 43.9 Å². The van der Waals surface area contributed by atoms with Gasteiger partial charge >= 0.3 is 0 Å². The number of rotatable bonds is 10. The van der Waals surface area contributed by atoms with E-state index in [1.807, 2.05) is 13.0 Å². The minimum absolute atomic E-state index is 0.232. The first-order valence-corrected chi connectivity index (χ1v) is 7.72. The molecule has 0 fully saturated rings. The van der Waals surface area contributed by atoms with Crippen molar-refractivity contribution >= 4 is 0 Å². The summed E-state index contributed by atoms with van der Waals surface area (Å²) in [7, 11) is 1.69. The van der Waals surface area contributed by atoms with Gasteiger partial charge in [-0.2, -0.15) is 0 Å². The zero-order chi connectivity index (χ0) is 14.8. The van der Waals surface area contributed by atoms with Crippen LogP contribution in [0.1, 0.15) is 51.5 Å². The summed E-state index contributed by atoms with van der Waals surface area (Å²) in [6.45, 7) is 5.01.